The number of hydrogen-bond donors (Lipinski definition) is 4. The Morgan fingerprint density at radius 2 is 2.00 bits per heavy atom. The summed E-state index contributed by atoms with van der Waals surface area (Å²) in [4.78, 5) is 5.90. The van der Waals surface area contributed by atoms with Gasteiger partial charge in [0.2, 0.25) is 0 Å². The Morgan fingerprint density at radius 1 is 1.25 bits per heavy atom. The molecule has 12 heavy (non-hydrogen) atoms. The first-order valence-corrected chi connectivity index (χ1v) is 3.82. The van der Waals surface area contributed by atoms with Crippen LogP contribution in [0.15, 0.2) is 18.2 Å². The normalized spacial score (nSPS) is 10.4. The van der Waals surface area contributed by atoms with Crippen LogP contribution < -0.4 is 5.48 Å². The van der Waals surface area contributed by atoms with E-state index in [0.29, 0.717) is 10.5 Å². The number of imidazole rings is 1. The van der Waals surface area contributed by atoms with E-state index < -0.39 is 0 Å². The number of aromatic nitrogens is 2. The van der Waals surface area contributed by atoms with Gasteiger partial charge in [-0.15, -0.1) is 0 Å². The first kappa shape index (κ1) is 7.33. The topological polar surface area (TPSA) is 63.8 Å². The Bertz CT molecular complexity index is 459. The lowest BCUT2D eigenvalue weighted by Gasteiger charge is -1.96. The largest absolute Gasteiger partial charge is 0.331 e. The third kappa shape index (κ3) is 1.09. The van der Waals surface area contributed by atoms with Crippen molar-refractivity contribution in [1.29, 1.82) is 0 Å². The van der Waals surface area contributed by atoms with E-state index in [1.807, 2.05) is 6.07 Å². The predicted octanol–water partition coefficient (Wildman–Crippen LogP) is 2.03. The molecule has 0 unspecified atom stereocenters. The Morgan fingerprint density at radius 3 is 2.75 bits per heavy atom. The molecule has 0 radical (unpaired) electrons. The molecule has 1 heterocycles. The smallest absolute Gasteiger partial charge is 0.175 e. The number of anilines is 1. The third-order valence-electron chi connectivity index (χ3n) is 1.65. The van der Waals surface area contributed by atoms with Crippen LogP contribution in [0.1, 0.15) is 0 Å². The van der Waals surface area contributed by atoms with E-state index in [4.69, 9.17) is 17.4 Å². The second-order valence-corrected chi connectivity index (χ2v) is 2.86. The van der Waals surface area contributed by atoms with Gasteiger partial charge in [0.15, 0.2) is 4.77 Å². The molecule has 0 fully saturated rings. The average molecular weight is 181 g/mol. The number of benzene rings is 1. The monoisotopic (exact) mass is 181 g/mol. The first-order valence-electron chi connectivity index (χ1n) is 3.42. The molecule has 0 amide bonds. The number of fused-ring (bicyclic) bond motifs is 1. The highest BCUT2D eigenvalue weighted by molar-refractivity contribution is 7.71. The predicted molar refractivity (Wildman–Crippen MR) is 48.9 cm³/mol. The summed E-state index contributed by atoms with van der Waals surface area (Å²) in [5.74, 6) is 0. The molecule has 0 saturated carbocycles. The van der Waals surface area contributed by atoms with Crippen molar-refractivity contribution >= 4 is 28.9 Å². The lowest BCUT2D eigenvalue weighted by molar-refractivity contribution is 0.389. The van der Waals surface area contributed by atoms with Crippen molar-refractivity contribution in [1.82, 2.24) is 9.97 Å². The Hall–Kier alpha value is -1.33. The molecule has 2 rings (SSSR count). The summed E-state index contributed by atoms with van der Waals surface area (Å²) < 4.78 is 0.583. The number of H-pyrrole nitrogens is 2. The number of nitrogens with one attached hydrogen (secondary N) is 3. The summed E-state index contributed by atoms with van der Waals surface area (Å²) in [6.45, 7) is 0. The highest BCUT2D eigenvalue weighted by Crippen LogP contribution is 2.15. The summed E-state index contributed by atoms with van der Waals surface area (Å²) in [5, 5.41) is 8.60. The molecule has 0 spiro atoms. The van der Waals surface area contributed by atoms with Crippen LogP contribution in [-0.2, 0) is 0 Å². The van der Waals surface area contributed by atoms with Gasteiger partial charge >= 0.3 is 0 Å². The summed E-state index contributed by atoms with van der Waals surface area (Å²) >= 11 is 4.90. The minimum atomic E-state index is 0.583. The van der Waals surface area contributed by atoms with E-state index in [1.165, 1.54) is 0 Å². The van der Waals surface area contributed by atoms with Crippen LogP contribution >= 0.6 is 12.2 Å². The molecular weight excluding hydrogens is 174 g/mol. The number of hydrogen-bond acceptors (Lipinski definition) is 3. The zero-order valence-corrected chi connectivity index (χ0v) is 6.90. The van der Waals surface area contributed by atoms with E-state index >= 15 is 0 Å². The minimum Gasteiger partial charge on any atom is -0.331 e. The van der Waals surface area contributed by atoms with E-state index in [1.54, 1.807) is 12.1 Å². The van der Waals surface area contributed by atoms with Gasteiger partial charge in [-0.2, -0.15) is 0 Å². The van der Waals surface area contributed by atoms with Crippen LogP contribution in [0.2, 0.25) is 0 Å². The molecule has 0 bridgehead atoms. The van der Waals surface area contributed by atoms with Crippen LogP contribution in [0.4, 0.5) is 5.69 Å². The second kappa shape index (κ2) is 2.62. The van der Waals surface area contributed by atoms with E-state index in [9.17, 15) is 0 Å². The van der Waals surface area contributed by atoms with E-state index in [-0.39, 0.29) is 0 Å². The van der Waals surface area contributed by atoms with Crippen LogP contribution in [-0.4, -0.2) is 15.2 Å². The summed E-state index contributed by atoms with van der Waals surface area (Å²) in [5.41, 5.74) is 4.50. The molecule has 0 saturated heterocycles. The minimum absolute atomic E-state index is 0.583. The summed E-state index contributed by atoms with van der Waals surface area (Å²) in [6.07, 6.45) is 0. The SMILES string of the molecule is ONc1ccc2[nH]c(=S)[nH]c2c1. The van der Waals surface area contributed by atoms with Crippen molar-refractivity contribution in [2.45, 2.75) is 0 Å². The number of aromatic amines is 2. The second-order valence-electron chi connectivity index (χ2n) is 2.45. The lowest BCUT2D eigenvalue weighted by atomic mass is 10.3. The number of rotatable bonds is 1. The molecule has 0 atom stereocenters. The van der Waals surface area contributed by atoms with Gasteiger partial charge in [0.05, 0.1) is 16.7 Å². The average Bonchev–Trinajstić information content (AvgIpc) is 2.43. The maximum Gasteiger partial charge on any atom is 0.175 e. The molecule has 1 aromatic heterocycles. The van der Waals surface area contributed by atoms with Gasteiger partial charge in [-0.25, -0.2) is 0 Å². The standard InChI is InChI=1S/C7H7N3OS/c11-10-4-1-2-5-6(3-4)9-7(12)8-5/h1-3,10-11H,(H2,8,9,12). The summed E-state index contributed by atoms with van der Waals surface area (Å²) in [6, 6.07) is 5.35. The van der Waals surface area contributed by atoms with Gasteiger partial charge in [-0.1, -0.05) is 0 Å². The van der Waals surface area contributed by atoms with E-state index in [2.05, 4.69) is 15.4 Å². The van der Waals surface area contributed by atoms with Gasteiger partial charge in [-0.3, -0.25) is 10.7 Å². The molecule has 1 aromatic carbocycles. The Balaban J connectivity index is 2.74. The molecule has 0 aliphatic heterocycles. The maximum atomic E-state index is 8.60. The molecule has 2 aromatic rings. The van der Waals surface area contributed by atoms with Gasteiger partial charge in [-0.05, 0) is 30.4 Å². The molecule has 0 aliphatic carbocycles. The molecule has 62 valence electrons. The van der Waals surface area contributed by atoms with Crippen LogP contribution in [0.25, 0.3) is 11.0 Å². The van der Waals surface area contributed by atoms with Crippen molar-refractivity contribution in [2.75, 3.05) is 5.48 Å². The molecule has 0 aliphatic rings. The van der Waals surface area contributed by atoms with Crippen molar-refractivity contribution in [3.05, 3.63) is 23.0 Å². The van der Waals surface area contributed by atoms with Gasteiger partial charge in [0.1, 0.15) is 0 Å². The van der Waals surface area contributed by atoms with E-state index in [0.717, 1.165) is 11.0 Å². The van der Waals surface area contributed by atoms with Crippen LogP contribution in [0, 0.1) is 4.77 Å². The highest BCUT2D eigenvalue weighted by Gasteiger charge is 1.96. The fraction of sp³-hybridized carbons (Fsp3) is 0. The molecule has 4 N–H and O–H groups in total. The summed E-state index contributed by atoms with van der Waals surface area (Å²) in [7, 11) is 0. The highest BCUT2D eigenvalue weighted by atomic mass is 32.1. The van der Waals surface area contributed by atoms with Crippen molar-refractivity contribution < 1.29 is 5.21 Å². The molecular formula is C7H7N3OS. The first-order chi connectivity index (χ1) is 5.79. The van der Waals surface area contributed by atoms with Gasteiger partial charge in [0.25, 0.3) is 0 Å². The van der Waals surface area contributed by atoms with Crippen LogP contribution in [0.5, 0.6) is 0 Å². The zero-order chi connectivity index (χ0) is 8.55. The Kier molecular flexibility index (Phi) is 1.60. The van der Waals surface area contributed by atoms with Crippen molar-refractivity contribution in [3.8, 4) is 0 Å². The third-order valence-corrected chi connectivity index (χ3v) is 1.85. The maximum absolute atomic E-state index is 8.60. The molecule has 5 heteroatoms. The fourth-order valence-corrected chi connectivity index (χ4v) is 1.32. The molecule has 4 nitrogen and oxygen atoms in total. The fourth-order valence-electron chi connectivity index (χ4n) is 1.10. The van der Waals surface area contributed by atoms with Gasteiger partial charge < -0.3 is 9.97 Å². The lowest BCUT2D eigenvalue weighted by Crippen LogP contribution is -1.87. The van der Waals surface area contributed by atoms with Crippen LogP contribution in [0.3, 0.4) is 0 Å². The quantitative estimate of drug-likeness (QED) is 0.402. The van der Waals surface area contributed by atoms with Gasteiger partial charge in [0, 0.05) is 0 Å². The Labute approximate surface area is 73.2 Å². The van der Waals surface area contributed by atoms with Crippen molar-refractivity contribution in [2.24, 2.45) is 0 Å². The van der Waals surface area contributed by atoms with Crippen molar-refractivity contribution in [3.63, 3.8) is 0 Å². The zero-order valence-electron chi connectivity index (χ0n) is 6.09.